The topological polar surface area (TPSA) is 67.2 Å². The Morgan fingerprint density at radius 1 is 1.73 bits per heavy atom. The number of carboxylic acid groups (broad SMARTS) is 1. The lowest BCUT2D eigenvalue weighted by molar-refractivity contribution is -0.141. The molecule has 0 aromatic carbocycles. The lowest BCUT2D eigenvalue weighted by Gasteiger charge is -2.13. The lowest BCUT2D eigenvalue weighted by Crippen LogP contribution is -2.21. The number of aliphatic carboxylic acids is 1. The highest BCUT2D eigenvalue weighted by Crippen LogP contribution is 2.30. The number of nitrogens with zero attached hydrogens (tertiary/aromatic N) is 2. The summed E-state index contributed by atoms with van der Waals surface area (Å²) in [6.07, 6.45) is 1.77. The van der Waals surface area contributed by atoms with Crippen LogP contribution in [0.1, 0.15) is 11.5 Å². The molecule has 1 aromatic rings. The first kappa shape index (κ1) is 10.9. The maximum Gasteiger partial charge on any atom is 0.308 e. The zero-order valence-electron chi connectivity index (χ0n) is 8.27. The van der Waals surface area contributed by atoms with E-state index in [4.69, 9.17) is 5.11 Å². The van der Waals surface area contributed by atoms with Crippen LogP contribution in [0.15, 0.2) is 6.20 Å². The molecule has 0 amide bonds. The van der Waals surface area contributed by atoms with Crippen molar-refractivity contribution in [1.29, 1.82) is 0 Å². The normalized spacial score (nSPS) is 25.7. The van der Waals surface area contributed by atoms with E-state index in [1.807, 2.05) is 7.05 Å². The van der Waals surface area contributed by atoms with Gasteiger partial charge in [0.1, 0.15) is 3.70 Å². The van der Waals surface area contributed by atoms with Gasteiger partial charge in [-0.1, -0.05) is 0 Å². The minimum absolute atomic E-state index is 0.0445. The number of carbonyl (C=O) groups is 1. The van der Waals surface area contributed by atoms with Crippen molar-refractivity contribution in [2.45, 2.75) is 5.92 Å². The average molecular weight is 321 g/mol. The van der Waals surface area contributed by atoms with E-state index in [2.05, 4.69) is 33.0 Å². The van der Waals surface area contributed by atoms with Gasteiger partial charge in [0, 0.05) is 31.6 Å². The fourth-order valence-corrected chi connectivity index (χ4v) is 2.62. The van der Waals surface area contributed by atoms with Crippen LogP contribution in [-0.4, -0.2) is 33.9 Å². The Morgan fingerprint density at radius 2 is 2.47 bits per heavy atom. The van der Waals surface area contributed by atoms with Crippen LogP contribution in [-0.2, 0) is 11.8 Å². The van der Waals surface area contributed by atoms with Gasteiger partial charge in [0.2, 0.25) is 0 Å². The van der Waals surface area contributed by atoms with Gasteiger partial charge in [-0.05, 0) is 22.6 Å². The van der Waals surface area contributed by atoms with Crippen molar-refractivity contribution < 1.29 is 9.90 Å². The van der Waals surface area contributed by atoms with Crippen LogP contribution >= 0.6 is 22.6 Å². The monoisotopic (exact) mass is 321 g/mol. The zero-order chi connectivity index (χ0) is 11.0. The predicted molar refractivity (Wildman–Crippen MR) is 62.7 cm³/mol. The van der Waals surface area contributed by atoms with E-state index in [1.54, 1.807) is 10.9 Å². The Bertz CT molecular complexity index is 391. The summed E-state index contributed by atoms with van der Waals surface area (Å²) in [5.41, 5.74) is 1.04. The van der Waals surface area contributed by atoms with Crippen molar-refractivity contribution >= 4 is 28.6 Å². The van der Waals surface area contributed by atoms with Crippen molar-refractivity contribution in [1.82, 2.24) is 15.1 Å². The summed E-state index contributed by atoms with van der Waals surface area (Å²) < 4.78 is 2.79. The molecule has 0 bridgehead atoms. The molecule has 2 atom stereocenters. The number of nitrogens with one attached hydrogen (secondary N) is 1. The first-order valence-corrected chi connectivity index (χ1v) is 5.80. The smallest absolute Gasteiger partial charge is 0.308 e. The third kappa shape index (κ3) is 1.87. The highest BCUT2D eigenvalue weighted by atomic mass is 127. The summed E-state index contributed by atoms with van der Waals surface area (Å²) in [5, 5.41) is 16.3. The predicted octanol–water partition coefficient (Wildman–Crippen LogP) is 0.412. The molecule has 2 rings (SSSR count). The first-order valence-electron chi connectivity index (χ1n) is 4.72. The lowest BCUT2D eigenvalue weighted by atomic mass is 9.91. The SMILES string of the molecule is Cn1ncc(C2CNCC2C(=O)O)c1I. The fraction of sp³-hybridized carbons (Fsp3) is 0.556. The molecule has 1 aliphatic rings. The molecule has 5 nitrogen and oxygen atoms in total. The van der Waals surface area contributed by atoms with Crippen molar-refractivity contribution in [3.8, 4) is 0 Å². The van der Waals surface area contributed by atoms with Crippen molar-refractivity contribution in [3.63, 3.8) is 0 Å². The summed E-state index contributed by atoms with van der Waals surface area (Å²) in [5.74, 6) is -1.02. The molecule has 2 unspecified atom stereocenters. The van der Waals surface area contributed by atoms with E-state index in [1.165, 1.54) is 0 Å². The summed E-state index contributed by atoms with van der Waals surface area (Å²) in [6.45, 7) is 1.27. The standard InChI is InChI=1S/C9H12IN3O2/c1-13-8(10)6(4-12-13)5-2-11-3-7(5)9(14)15/h4-5,7,11H,2-3H2,1H3,(H,14,15). The van der Waals surface area contributed by atoms with Gasteiger partial charge in [-0.15, -0.1) is 0 Å². The molecule has 1 aromatic heterocycles. The molecule has 15 heavy (non-hydrogen) atoms. The quantitative estimate of drug-likeness (QED) is 0.775. The number of rotatable bonds is 2. The second-order valence-electron chi connectivity index (χ2n) is 3.72. The molecule has 82 valence electrons. The van der Waals surface area contributed by atoms with Gasteiger partial charge in [0.15, 0.2) is 0 Å². The average Bonchev–Trinajstić information content (AvgIpc) is 2.75. The van der Waals surface area contributed by atoms with Crippen molar-refractivity contribution in [3.05, 3.63) is 15.5 Å². The molecule has 6 heteroatoms. The van der Waals surface area contributed by atoms with Crippen LogP contribution in [0.5, 0.6) is 0 Å². The number of aryl methyl sites for hydroxylation is 1. The van der Waals surface area contributed by atoms with Gasteiger partial charge < -0.3 is 10.4 Å². The maximum atomic E-state index is 11.0. The minimum atomic E-state index is -0.732. The molecule has 1 aliphatic heterocycles. The number of hydrogen-bond donors (Lipinski definition) is 2. The Hall–Kier alpha value is -0.630. The summed E-state index contributed by atoms with van der Waals surface area (Å²) >= 11 is 2.20. The molecule has 2 N–H and O–H groups in total. The third-order valence-electron chi connectivity index (χ3n) is 2.82. The molecule has 0 spiro atoms. The van der Waals surface area contributed by atoms with Crippen LogP contribution in [0.25, 0.3) is 0 Å². The Labute approximate surface area is 101 Å². The Morgan fingerprint density at radius 3 is 3.00 bits per heavy atom. The first-order chi connectivity index (χ1) is 7.11. The van der Waals surface area contributed by atoms with Crippen LogP contribution in [0, 0.1) is 9.62 Å². The molecule has 0 aliphatic carbocycles. The van der Waals surface area contributed by atoms with Gasteiger partial charge in [-0.25, -0.2) is 0 Å². The fourth-order valence-electron chi connectivity index (χ4n) is 1.95. The Balaban J connectivity index is 2.30. The molecule has 1 fully saturated rings. The van der Waals surface area contributed by atoms with Crippen LogP contribution in [0.2, 0.25) is 0 Å². The van der Waals surface area contributed by atoms with Gasteiger partial charge in [0.25, 0.3) is 0 Å². The third-order valence-corrected chi connectivity index (χ3v) is 4.14. The number of carboxylic acids is 1. The second kappa shape index (κ2) is 4.09. The molecular weight excluding hydrogens is 309 g/mol. The number of aromatic nitrogens is 2. The van der Waals surface area contributed by atoms with E-state index < -0.39 is 5.97 Å². The summed E-state index contributed by atoms with van der Waals surface area (Å²) in [7, 11) is 1.86. The second-order valence-corrected chi connectivity index (χ2v) is 4.75. The van der Waals surface area contributed by atoms with Crippen LogP contribution < -0.4 is 5.32 Å². The molecular formula is C9H12IN3O2. The van der Waals surface area contributed by atoms with Gasteiger partial charge in [0.05, 0.1) is 12.1 Å². The van der Waals surface area contributed by atoms with Crippen LogP contribution in [0.4, 0.5) is 0 Å². The molecule has 0 radical (unpaired) electrons. The van der Waals surface area contributed by atoms with E-state index in [-0.39, 0.29) is 11.8 Å². The van der Waals surface area contributed by atoms with E-state index >= 15 is 0 Å². The van der Waals surface area contributed by atoms with E-state index in [0.29, 0.717) is 6.54 Å². The molecule has 0 saturated carbocycles. The van der Waals surface area contributed by atoms with E-state index in [0.717, 1.165) is 15.8 Å². The summed E-state index contributed by atoms with van der Waals surface area (Å²) in [6, 6.07) is 0. The van der Waals surface area contributed by atoms with Gasteiger partial charge in [-0.2, -0.15) is 5.10 Å². The zero-order valence-corrected chi connectivity index (χ0v) is 10.4. The van der Waals surface area contributed by atoms with Crippen LogP contribution in [0.3, 0.4) is 0 Å². The number of hydrogen-bond acceptors (Lipinski definition) is 3. The van der Waals surface area contributed by atoms with Gasteiger partial charge >= 0.3 is 5.97 Å². The maximum absolute atomic E-state index is 11.0. The Kier molecular flexibility index (Phi) is 2.96. The summed E-state index contributed by atoms with van der Waals surface area (Å²) in [4.78, 5) is 11.0. The van der Waals surface area contributed by atoms with Gasteiger partial charge in [-0.3, -0.25) is 9.48 Å². The number of halogens is 1. The minimum Gasteiger partial charge on any atom is -0.481 e. The van der Waals surface area contributed by atoms with Crippen molar-refractivity contribution in [2.24, 2.45) is 13.0 Å². The highest BCUT2D eigenvalue weighted by molar-refractivity contribution is 14.1. The molecule has 1 saturated heterocycles. The molecule has 2 heterocycles. The van der Waals surface area contributed by atoms with E-state index in [9.17, 15) is 4.79 Å². The largest absolute Gasteiger partial charge is 0.481 e. The highest BCUT2D eigenvalue weighted by Gasteiger charge is 2.35. The van der Waals surface area contributed by atoms with Crippen molar-refractivity contribution in [2.75, 3.05) is 13.1 Å².